The molecule has 0 aromatic heterocycles. The number of fused-ring (bicyclic) bond motifs is 1. The predicted octanol–water partition coefficient (Wildman–Crippen LogP) is 3.93. The molecule has 2 rings (SSSR count). The number of rotatable bonds is 5. The van der Waals surface area contributed by atoms with Crippen LogP contribution >= 0.6 is 0 Å². The molecule has 116 valence electrons. The second kappa shape index (κ2) is 6.99. The smallest absolute Gasteiger partial charge is 0.127 e. The summed E-state index contributed by atoms with van der Waals surface area (Å²) in [7, 11) is 0. The number of aromatic hydroxyl groups is 1. The Morgan fingerprint density at radius 2 is 2.14 bits per heavy atom. The van der Waals surface area contributed by atoms with Gasteiger partial charge in [-0.2, -0.15) is 0 Å². The highest BCUT2D eigenvalue weighted by atomic mass is 16.5. The Bertz CT molecular complexity index is 507. The van der Waals surface area contributed by atoms with Crippen molar-refractivity contribution in [2.45, 2.75) is 58.0 Å². The van der Waals surface area contributed by atoms with Crippen molar-refractivity contribution in [3.8, 4) is 11.5 Å². The molecule has 1 aromatic rings. The fourth-order valence-electron chi connectivity index (χ4n) is 3.06. The molecule has 2 N–H and O–H groups in total. The normalized spacial score (nSPS) is 21.3. The Morgan fingerprint density at radius 1 is 1.38 bits per heavy atom. The molecule has 0 bridgehead atoms. The minimum Gasteiger partial charge on any atom is -0.507 e. The SMILES string of the molecule is C=C(C)[C@@H]1CCC(CC)Oc2cc(CCCO)cc(O)c21. The second-order valence-electron chi connectivity index (χ2n) is 5.98. The van der Waals surface area contributed by atoms with Crippen LogP contribution in [-0.2, 0) is 6.42 Å². The number of allylic oxidation sites excluding steroid dienone is 1. The van der Waals surface area contributed by atoms with Gasteiger partial charge < -0.3 is 14.9 Å². The molecule has 2 atom stereocenters. The lowest BCUT2D eigenvalue weighted by atomic mass is 9.86. The lowest BCUT2D eigenvalue weighted by molar-refractivity contribution is 0.190. The molecule has 0 amide bonds. The van der Waals surface area contributed by atoms with E-state index in [-0.39, 0.29) is 18.6 Å². The molecule has 21 heavy (non-hydrogen) atoms. The average molecular weight is 290 g/mol. The summed E-state index contributed by atoms with van der Waals surface area (Å²) in [6.45, 7) is 8.38. The van der Waals surface area contributed by atoms with Crippen LogP contribution < -0.4 is 4.74 Å². The summed E-state index contributed by atoms with van der Waals surface area (Å²) in [5, 5.41) is 19.4. The zero-order valence-electron chi connectivity index (χ0n) is 13.1. The van der Waals surface area contributed by atoms with Crippen LogP contribution in [0.5, 0.6) is 11.5 Å². The summed E-state index contributed by atoms with van der Waals surface area (Å²) >= 11 is 0. The number of hydrogen-bond acceptors (Lipinski definition) is 3. The average Bonchev–Trinajstić information content (AvgIpc) is 2.64. The Balaban J connectivity index is 2.43. The Hall–Kier alpha value is -1.48. The molecule has 0 radical (unpaired) electrons. The number of aliphatic hydroxyl groups excluding tert-OH is 1. The van der Waals surface area contributed by atoms with Gasteiger partial charge in [0.25, 0.3) is 0 Å². The van der Waals surface area contributed by atoms with E-state index in [1.165, 1.54) is 0 Å². The number of aliphatic hydroxyl groups is 1. The van der Waals surface area contributed by atoms with E-state index in [0.29, 0.717) is 12.2 Å². The zero-order valence-corrected chi connectivity index (χ0v) is 13.1. The van der Waals surface area contributed by atoms with Gasteiger partial charge in [0.05, 0.1) is 6.10 Å². The van der Waals surface area contributed by atoms with E-state index in [1.807, 2.05) is 13.0 Å². The molecule has 3 nitrogen and oxygen atoms in total. The molecule has 0 fully saturated rings. The number of hydrogen-bond donors (Lipinski definition) is 2. The Morgan fingerprint density at radius 3 is 2.76 bits per heavy atom. The first-order valence-electron chi connectivity index (χ1n) is 7.85. The summed E-state index contributed by atoms with van der Waals surface area (Å²) in [5.74, 6) is 1.24. The third kappa shape index (κ3) is 3.59. The van der Waals surface area contributed by atoms with Crippen LogP contribution in [-0.4, -0.2) is 22.9 Å². The first-order chi connectivity index (χ1) is 10.1. The molecule has 0 saturated carbocycles. The van der Waals surface area contributed by atoms with Crippen LogP contribution in [0.1, 0.15) is 56.6 Å². The van der Waals surface area contributed by atoms with Crippen molar-refractivity contribution >= 4 is 0 Å². The van der Waals surface area contributed by atoms with E-state index >= 15 is 0 Å². The van der Waals surface area contributed by atoms with Crippen molar-refractivity contribution in [1.82, 2.24) is 0 Å². The quantitative estimate of drug-likeness (QED) is 0.808. The summed E-state index contributed by atoms with van der Waals surface area (Å²) in [5.41, 5.74) is 2.96. The summed E-state index contributed by atoms with van der Waals surface area (Å²) in [6.07, 6.45) is 4.54. The minimum atomic E-state index is 0.156. The number of ether oxygens (including phenoxy) is 1. The topological polar surface area (TPSA) is 49.7 Å². The van der Waals surface area contributed by atoms with Crippen LogP contribution in [0.2, 0.25) is 0 Å². The van der Waals surface area contributed by atoms with Gasteiger partial charge in [-0.3, -0.25) is 0 Å². The van der Waals surface area contributed by atoms with Gasteiger partial charge in [-0.15, -0.1) is 0 Å². The van der Waals surface area contributed by atoms with Crippen LogP contribution in [0.4, 0.5) is 0 Å². The van der Waals surface area contributed by atoms with Gasteiger partial charge in [-0.25, -0.2) is 0 Å². The van der Waals surface area contributed by atoms with Gasteiger partial charge in [0.15, 0.2) is 0 Å². The lowest BCUT2D eigenvalue weighted by Crippen LogP contribution is -2.13. The van der Waals surface area contributed by atoms with Crippen LogP contribution in [0, 0.1) is 0 Å². The van der Waals surface area contributed by atoms with Gasteiger partial charge in [0.2, 0.25) is 0 Å². The number of phenolic OH excluding ortho intramolecular Hbond substituents is 1. The summed E-state index contributed by atoms with van der Waals surface area (Å²) in [4.78, 5) is 0. The highest BCUT2D eigenvalue weighted by Gasteiger charge is 2.27. The number of aryl methyl sites for hydroxylation is 1. The first kappa shape index (κ1) is 15.9. The van der Waals surface area contributed by atoms with Crippen molar-refractivity contribution in [3.05, 3.63) is 35.4 Å². The van der Waals surface area contributed by atoms with Gasteiger partial charge in [-0.1, -0.05) is 19.1 Å². The van der Waals surface area contributed by atoms with Crippen molar-refractivity contribution in [2.24, 2.45) is 0 Å². The third-order valence-electron chi connectivity index (χ3n) is 4.27. The zero-order chi connectivity index (χ0) is 15.4. The summed E-state index contributed by atoms with van der Waals surface area (Å²) in [6, 6.07) is 3.83. The maximum absolute atomic E-state index is 10.5. The van der Waals surface area contributed by atoms with E-state index in [1.54, 1.807) is 6.07 Å². The lowest BCUT2D eigenvalue weighted by Gasteiger charge is -2.19. The molecular weight excluding hydrogens is 264 g/mol. The number of benzene rings is 1. The Labute approximate surface area is 127 Å². The van der Waals surface area contributed by atoms with Crippen molar-refractivity contribution in [2.75, 3.05) is 6.61 Å². The third-order valence-corrected chi connectivity index (χ3v) is 4.27. The molecular formula is C18H26O3. The van der Waals surface area contributed by atoms with Crippen LogP contribution in [0.15, 0.2) is 24.3 Å². The molecule has 1 heterocycles. The monoisotopic (exact) mass is 290 g/mol. The molecule has 0 aliphatic carbocycles. The van der Waals surface area contributed by atoms with Gasteiger partial charge >= 0.3 is 0 Å². The maximum Gasteiger partial charge on any atom is 0.127 e. The van der Waals surface area contributed by atoms with Gasteiger partial charge in [-0.05, 0) is 56.7 Å². The Kier molecular flexibility index (Phi) is 5.29. The molecule has 0 spiro atoms. The largest absolute Gasteiger partial charge is 0.507 e. The van der Waals surface area contributed by atoms with Gasteiger partial charge in [0.1, 0.15) is 11.5 Å². The van der Waals surface area contributed by atoms with E-state index in [4.69, 9.17) is 9.84 Å². The highest BCUT2D eigenvalue weighted by molar-refractivity contribution is 5.52. The molecule has 1 aromatic carbocycles. The second-order valence-corrected chi connectivity index (χ2v) is 5.98. The minimum absolute atomic E-state index is 0.156. The van der Waals surface area contributed by atoms with Gasteiger partial charge in [0, 0.05) is 18.1 Å². The summed E-state index contributed by atoms with van der Waals surface area (Å²) < 4.78 is 6.12. The standard InChI is InChI=1S/C18H26O3/c1-4-14-7-8-15(12(2)3)18-16(20)10-13(6-5-9-19)11-17(18)21-14/h10-11,14-15,19-20H,2,4-9H2,1,3H3/t14?,15-/m0/s1. The van der Waals surface area contributed by atoms with Crippen molar-refractivity contribution in [1.29, 1.82) is 0 Å². The first-order valence-corrected chi connectivity index (χ1v) is 7.85. The van der Waals surface area contributed by atoms with Crippen LogP contribution in [0.3, 0.4) is 0 Å². The van der Waals surface area contributed by atoms with Crippen molar-refractivity contribution in [3.63, 3.8) is 0 Å². The highest BCUT2D eigenvalue weighted by Crippen LogP contribution is 2.44. The predicted molar refractivity (Wildman–Crippen MR) is 85.0 cm³/mol. The van der Waals surface area contributed by atoms with E-state index < -0.39 is 0 Å². The molecule has 1 aliphatic heterocycles. The van der Waals surface area contributed by atoms with E-state index in [0.717, 1.165) is 48.1 Å². The molecule has 1 unspecified atom stereocenters. The molecule has 1 aliphatic rings. The molecule has 3 heteroatoms. The van der Waals surface area contributed by atoms with Crippen LogP contribution in [0.25, 0.3) is 0 Å². The van der Waals surface area contributed by atoms with E-state index in [2.05, 4.69) is 13.5 Å². The van der Waals surface area contributed by atoms with Crippen molar-refractivity contribution < 1.29 is 14.9 Å². The maximum atomic E-state index is 10.5. The van der Waals surface area contributed by atoms with E-state index in [9.17, 15) is 5.11 Å². The fourth-order valence-corrected chi connectivity index (χ4v) is 3.06. The molecule has 0 saturated heterocycles. The fraction of sp³-hybridized carbons (Fsp3) is 0.556. The number of phenols is 1.